The molecule has 22 heavy (non-hydrogen) atoms. The SMILES string of the molecule is Cc1cc(CNC(=O)CC2CCN(CC(F)(F)F)CC2)no1. The van der Waals surface area contributed by atoms with Gasteiger partial charge in [-0.3, -0.25) is 9.69 Å². The molecule has 0 bridgehead atoms. The fourth-order valence-corrected chi connectivity index (χ4v) is 2.63. The molecule has 1 amide bonds. The van der Waals surface area contributed by atoms with Gasteiger partial charge < -0.3 is 9.84 Å². The fourth-order valence-electron chi connectivity index (χ4n) is 2.63. The summed E-state index contributed by atoms with van der Waals surface area (Å²) in [6.45, 7) is 1.99. The number of rotatable bonds is 5. The van der Waals surface area contributed by atoms with Gasteiger partial charge in [0.05, 0.1) is 13.1 Å². The van der Waals surface area contributed by atoms with Gasteiger partial charge in [-0.15, -0.1) is 0 Å². The second-order valence-electron chi connectivity index (χ2n) is 5.74. The minimum Gasteiger partial charge on any atom is -0.361 e. The Kier molecular flexibility index (Phi) is 5.44. The number of carbonyl (C=O) groups excluding carboxylic acids is 1. The molecule has 0 aromatic carbocycles. The van der Waals surface area contributed by atoms with E-state index < -0.39 is 12.7 Å². The summed E-state index contributed by atoms with van der Waals surface area (Å²) >= 11 is 0. The topological polar surface area (TPSA) is 58.4 Å². The molecule has 0 aliphatic carbocycles. The van der Waals surface area contributed by atoms with E-state index in [0.29, 0.717) is 50.4 Å². The zero-order chi connectivity index (χ0) is 16.2. The summed E-state index contributed by atoms with van der Waals surface area (Å²) in [4.78, 5) is 13.2. The number of nitrogens with one attached hydrogen (secondary N) is 1. The number of nitrogens with zero attached hydrogens (tertiary/aromatic N) is 2. The number of carbonyl (C=O) groups is 1. The van der Waals surface area contributed by atoms with Crippen molar-refractivity contribution in [2.75, 3.05) is 19.6 Å². The zero-order valence-corrected chi connectivity index (χ0v) is 12.4. The molecule has 8 heteroatoms. The van der Waals surface area contributed by atoms with Crippen LogP contribution in [0.2, 0.25) is 0 Å². The largest absolute Gasteiger partial charge is 0.401 e. The van der Waals surface area contributed by atoms with Crippen molar-refractivity contribution in [1.82, 2.24) is 15.4 Å². The Morgan fingerprint density at radius 2 is 2.14 bits per heavy atom. The molecule has 1 aliphatic heterocycles. The summed E-state index contributed by atoms with van der Waals surface area (Å²) in [5.41, 5.74) is 0.658. The first kappa shape index (κ1) is 16.8. The second-order valence-corrected chi connectivity index (χ2v) is 5.74. The molecule has 1 N–H and O–H groups in total. The van der Waals surface area contributed by atoms with Crippen LogP contribution < -0.4 is 5.32 Å². The third-order valence-corrected chi connectivity index (χ3v) is 3.73. The van der Waals surface area contributed by atoms with E-state index in [9.17, 15) is 18.0 Å². The summed E-state index contributed by atoms with van der Waals surface area (Å²) in [5.74, 6) is 0.722. The van der Waals surface area contributed by atoms with Crippen LogP contribution in [-0.2, 0) is 11.3 Å². The molecular formula is C14H20F3N3O2. The van der Waals surface area contributed by atoms with Crippen molar-refractivity contribution in [3.63, 3.8) is 0 Å². The van der Waals surface area contributed by atoms with Gasteiger partial charge in [0, 0.05) is 12.5 Å². The number of aromatic nitrogens is 1. The van der Waals surface area contributed by atoms with Crippen LogP contribution in [0.25, 0.3) is 0 Å². The van der Waals surface area contributed by atoms with Gasteiger partial charge in [0.15, 0.2) is 0 Å². The highest BCUT2D eigenvalue weighted by molar-refractivity contribution is 5.76. The van der Waals surface area contributed by atoms with Gasteiger partial charge >= 0.3 is 6.18 Å². The Bertz CT molecular complexity index is 494. The minimum atomic E-state index is -4.15. The van der Waals surface area contributed by atoms with E-state index in [2.05, 4.69) is 10.5 Å². The summed E-state index contributed by atoms with van der Waals surface area (Å²) in [7, 11) is 0. The van der Waals surface area contributed by atoms with E-state index in [1.165, 1.54) is 4.90 Å². The maximum Gasteiger partial charge on any atom is 0.401 e. The molecule has 1 saturated heterocycles. The lowest BCUT2D eigenvalue weighted by atomic mass is 9.93. The summed E-state index contributed by atoms with van der Waals surface area (Å²) in [6.07, 6.45) is -2.57. The standard InChI is InChI=1S/C14H20F3N3O2/c1-10-6-12(19-22-10)8-18-13(21)7-11-2-4-20(5-3-11)9-14(15,16)17/h6,11H,2-5,7-9H2,1H3,(H,18,21). The third kappa shape index (κ3) is 5.67. The molecule has 0 unspecified atom stereocenters. The van der Waals surface area contributed by atoms with Gasteiger partial charge in [-0.2, -0.15) is 13.2 Å². The van der Waals surface area contributed by atoms with Crippen molar-refractivity contribution in [1.29, 1.82) is 0 Å². The molecule has 1 aliphatic rings. The Morgan fingerprint density at radius 3 is 2.68 bits per heavy atom. The van der Waals surface area contributed by atoms with Crippen molar-refractivity contribution >= 4 is 5.91 Å². The van der Waals surface area contributed by atoms with Gasteiger partial charge in [0.1, 0.15) is 11.5 Å². The Hall–Kier alpha value is -1.57. The number of likely N-dealkylation sites (tertiary alicyclic amines) is 1. The monoisotopic (exact) mass is 319 g/mol. The zero-order valence-electron chi connectivity index (χ0n) is 12.4. The van der Waals surface area contributed by atoms with Crippen LogP contribution in [0, 0.1) is 12.8 Å². The predicted molar refractivity (Wildman–Crippen MR) is 72.9 cm³/mol. The number of halogens is 3. The van der Waals surface area contributed by atoms with Crippen molar-refractivity contribution in [3.8, 4) is 0 Å². The molecule has 1 aromatic heterocycles. The highest BCUT2D eigenvalue weighted by Crippen LogP contribution is 2.24. The summed E-state index contributed by atoms with van der Waals surface area (Å²) in [5, 5.41) is 6.53. The van der Waals surface area contributed by atoms with Crippen molar-refractivity contribution in [3.05, 3.63) is 17.5 Å². The molecule has 0 spiro atoms. The quantitative estimate of drug-likeness (QED) is 0.904. The molecule has 0 saturated carbocycles. The number of hydrogen-bond acceptors (Lipinski definition) is 4. The van der Waals surface area contributed by atoms with Gasteiger partial charge in [-0.05, 0) is 38.8 Å². The van der Waals surface area contributed by atoms with Gasteiger partial charge in [0.25, 0.3) is 0 Å². The molecule has 2 heterocycles. The first-order valence-electron chi connectivity index (χ1n) is 7.30. The Balaban J connectivity index is 1.66. The Labute approximate surface area is 126 Å². The number of aryl methyl sites for hydroxylation is 1. The van der Waals surface area contributed by atoms with Crippen molar-refractivity contribution in [2.24, 2.45) is 5.92 Å². The third-order valence-electron chi connectivity index (χ3n) is 3.73. The Morgan fingerprint density at radius 1 is 1.45 bits per heavy atom. The fraction of sp³-hybridized carbons (Fsp3) is 0.714. The molecule has 1 aromatic rings. The number of amides is 1. The first-order valence-corrected chi connectivity index (χ1v) is 7.30. The van der Waals surface area contributed by atoms with Crippen molar-refractivity contribution < 1.29 is 22.5 Å². The van der Waals surface area contributed by atoms with Crippen LogP contribution >= 0.6 is 0 Å². The van der Waals surface area contributed by atoms with Crippen LogP contribution in [-0.4, -0.2) is 41.8 Å². The minimum absolute atomic E-state index is 0.102. The van der Waals surface area contributed by atoms with Gasteiger partial charge in [0.2, 0.25) is 5.91 Å². The van der Waals surface area contributed by atoms with E-state index in [-0.39, 0.29) is 11.8 Å². The van der Waals surface area contributed by atoms with Gasteiger partial charge in [-0.1, -0.05) is 5.16 Å². The average molecular weight is 319 g/mol. The average Bonchev–Trinajstić information content (AvgIpc) is 2.83. The summed E-state index contributed by atoms with van der Waals surface area (Å²) in [6, 6.07) is 1.75. The molecule has 0 atom stereocenters. The van der Waals surface area contributed by atoms with E-state index >= 15 is 0 Å². The lowest BCUT2D eigenvalue weighted by molar-refractivity contribution is -0.149. The molecule has 0 radical (unpaired) electrons. The number of alkyl halides is 3. The lowest BCUT2D eigenvalue weighted by Crippen LogP contribution is -2.40. The number of piperidine rings is 1. The van der Waals surface area contributed by atoms with E-state index in [1.54, 1.807) is 13.0 Å². The predicted octanol–water partition coefficient (Wildman–Crippen LogP) is 2.26. The van der Waals surface area contributed by atoms with E-state index in [0.717, 1.165) is 0 Å². The molecule has 124 valence electrons. The maximum atomic E-state index is 12.3. The highest BCUT2D eigenvalue weighted by Gasteiger charge is 2.32. The summed E-state index contributed by atoms with van der Waals surface area (Å²) < 4.78 is 41.8. The van der Waals surface area contributed by atoms with Crippen LogP contribution in [0.3, 0.4) is 0 Å². The van der Waals surface area contributed by atoms with Crippen LogP contribution in [0.4, 0.5) is 13.2 Å². The first-order chi connectivity index (χ1) is 10.3. The number of hydrogen-bond donors (Lipinski definition) is 1. The molecule has 2 rings (SSSR count). The van der Waals surface area contributed by atoms with E-state index in [1.807, 2.05) is 0 Å². The van der Waals surface area contributed by atoms with E-state index in [4.69, 9.17) is 4.52 Å². The molecule has 5 nitrogen and oxygen atoms in total. The maximum absolute atomic E-state index is 12.3. The normalized spacial score (nSPS) is 17.6. The van der Waals surface area contributed by atoms with Gasteiger partial charge in [-0.25, -0.2) is 0 Å². The lowest BCUT2D eigenvalue weighted by Gasteiger charge is -2.32. The highest BCUT2D eigenvalue weighted by atomic mass is 19.4. The van der Waals surface area contributed by atoms with Crippen LogP contribution in [0.5, 0.6) is 0 Å². The van der Waals surface area contributed by atoms with Crippen LogP contribution in [0.1, 0.15) is 30.7 Å². The van der Waals surface area contributed by atoms with Crippen LogP contribution in [0.15, 0.2) is 10.6 Å². The molecule has 1 fully saturated rings. The second kappa shape index (κ2) is 7.13. The smallest absolute Gasteiger partial charge is 0.361 e. The molecular weight excluding hydrogens is 299 g/mol. The van der Waals surface area contributed by atoms with Crippen molar-refractivity contribution in [2.45, 2.75) is 38.9 Å².